The van der Waals surface area contributed by atoms with Crippen LogP contribution in [0.4, 0.5) is 0 Å². The van der Waals surface area contributed by atoms with Crippen molar-refractivity contribution in [1.29, 1.82) is 0 Å². The first-order valence-electron chi connectivity index (χ1n) is 6.14. The van der Waals surface area contributed by atoms with Crippen molar-refractivity contribution in [2.45, 2.75) is 40.3 Å². The van der Waals surface area contributed by atoms with E-state index in [4.69, 9.17) is 0 Å². The second-order valence-corrected chi connectivity index (χ2v) is 5.16. The molecule has 0 saturated heterocycles. The zero-order chi connectivity index (χ0) is 14.0. The summed E-state index contributed by atoms with van der Waals surface area (Å²) in [5.41, 5.74) is 1.29. The van der Waals surface area contributed by atoms with Gasteiger partial charge in [-0.3, -0.25) is 4.57 Å². The second kappa shape index (κ2) is 5.64. The van der Waals surface area contributed by atoms with E-state index in [1.807, 2.05) is 18.5 Å². The Morgan fingerprint density at radius 1 is 1.37 bits per heavy atom. The fourth-order valence-electron chi connectivity index (χ4n) is 1.91. The van der Waals surface area contributed by atoms with Gasteiger partial charge in [0.25, 0.3) is 0 Å². The van der Waals surface area contributed by atoms with Crippen molar-refractivity contribution in [2.24, 2.45) is 0 Å². The van der Waals surface area contributed by atoms with Crippen molar-refractivity contribution in [3.05, 3.63) is 38.5 Å². The molecular formula is C12H16BrN5O. The van der Waals surface area contributed by atoms with Crippen LogP contribution in [0.25, 0.3) is 0 Å². The van der Waals surface area contributed by atoms with Crippen molar-refractivity contribution >= 4 is 15.9 Å². The smallest absolute Gasteiger partial charge is 0.288 e. The van der Waals surface area contributed by atoms with Gasteiger partial charge in [-0.05, 0) is 36.2 Å². The number of nitrogens with zero attached hydrogens (tertiary/aromatic N) is 5. The van der Waals surface area contributed by atoms with Crippen LogP contribution in [0.3, 0.4) is 0 Å². The van der Waals surface area contributed by atoms with Gasteiger partial charge in [0.15, 0.2) is 0 Å². The molecule has 7 heteroatoms. The Labute approximate surface area is 119 Å². The molecule has 0 aromatic carbocycles. The number of rotatable bonds is 4. The zero-order valence-corrected chi connectivity index (χ0v) is 12.8. The third kappa shape index (κ3) is 2.75. The highest BCUT2D eigenvalue weighted by Crippen LogP contribution is 2.17. The quantitative estimate of drug-likeness (QED) is 0.857. The lowest BCUT2D eigenvalue weighted by atomic mass is 10.3. The first-order chi connectivity index (χ1) is 9.04. The molecule has 0 bridgehead atoms. The molecule has 0 unspecified atom stereocenters. The Morgan fingerprint density at radius 3 is 2.79 bits per heavy atom. The number of halogens is 1. The lowest BCUT2D eigenvalue weighted by molar-refractivity contribution is 0.542. The second-order valence-electron chi connectivity index (χ2n) is 4.36. The highest BCUT2D eigenvalue weighted by molar-refractivity contribution is 9.10. The van der Waals surface area contributed by atoms with Gasteiger partial charge >= 0.3 is 5.69 Å². The zero-order valence-electron chi connectivity index (χ0n) is 11.2. The molecule has 0 aliphatic rings. The van der Waals surface area contributed by atoms with Crippen molar-refractivity contribution in [3.8, 4) is 0 Å². The molecule has 0 N–H and O–H groups in total. The van der Waals surface area contributed by atoms with Gasteiger partial charge in [-0.25, -0.2) is 14.5 Å². The summed E-state index contributed by atoms with van der Waals surface area (Å²) in [6, 6.07) is 0. The average molecular weight is 326 g/mol. The first-order valence-corrected chi connectivity index (χ1v) is 6.94. The van der Waals surface area contributed by atoms with E-state index < -0.39 is 0 Å². The van der Waals surface area contributed by atoms with Crippen LogP contribution in [0.2, 0.25) is 0 Å². The summed E-state index contributed by atoms with van der Waals surface area (Å²) >= 11 is 3.45. The SMILES string of the molecule is CCCn1ncnc1Cn1c(C)c(Br)c(C)nc1=O. The monoisotopic (exact) mass is 325 g/mol. The Bertz CT molecular complexity index is 646. The van der Waals surface area contributed by atoms with Gasteiger partial charge in [0.05, 0.1) is 16.7 Å². The standard InChI is InChI=1S/C12H16BrN5O/c1-4-5-18-10(14-7-15-18)6-17-9(3)11(13)8(2)16-12(17)19/h7H,4-6H2,1-3H3. The van der Waals surface area contributed by atoms with Gasteiger partial charge in [0.1, 0.15) is 12.2 Å². The molecule has 2 heterocycles. The molecule has 2 aromatic heterocycles. The van der Waals surface area contributed by atoms with Gasteiger partial charge in [0, 0.05) is 12.2 Å². The highest BCUT2D eigenvalue weighted by atomic mass is 79.9. The largest absolute Gasteiger partial charge is 0.348 e. The molecule has 0 atom stereocenters. The van der Waals surface area contributed by atoms with Crippen molar-refractivity contribution in [2.75, 3.05) is 0 Å². The summed E-state index contributed by atoms with van der Waals surface area (Å²) < 4.78 is 4.28. The molecule has 6 nitrogen and oxygen atoms in total. The molecule has 0 fully saturated rings. The number of hydrogen-bond donors (Lipinski definition) is 0. The van der Waals surface area contributed by atoms with Crippen LogP contribution in [-0.4, -0.2) is 24.3 Å². The number of hydrogen-bond acceptors (Lipinski definition) is 4. The molecule has 102 valence electrons. The first kappa shape index (κ1) is 13.9. The molecule has 0 aliphatic heterocycles. The van der Waals surface area contributed by atoms with Crippen LogP contribution in [0.5, 0.6) is 0 Å². The van der Waals surface area contributed by atoms with Crippen LogP contribution >= 0.6 is 15.9 Å². The molecular weight excluding hydrogens is 310 g/mol. The minimum atomic E-state index is -0.260. The van der Waals surface area contributed by atoms with E-state index in [2.05, 4.69) is 37.9 Å². The maximum atomic E-state index is 12.0. The third-order valence-electron chi connectivity index (χ3n) is 2.97. The van der Waals surface area contributed by atoms with Crippen molar-refractivity contribution in [3.63, 3.8) is 0 Å². The van der Waals surface area contributed by atoms with Crippen LogP contribution in [0.1, 0.15) is 30.6 Å². The highest BCUT2D eigenvalue weighted by Gasteiger charge is 2.12. The van der Waals surface area contributed by atoms with Gasteiger partial charge in [0.2, 0.25) is 0 Å². The summed E-state index contributed by atoms with van der Waals surface area (Å²) in [7, 11) is 0. The molecule has 0 aliphatic carbocycles. The normalized spacial score (nSPS) is 10.9. The summed E-state index contributed by atoms with van der Waals surface area (Å²) in [6.07, 6.45) is 2.49. The Balaban J connectivity index is 2.41. The predicted octanol–water partition coefficient (Wildman–Crippen LogP) is 1.67. The molecule has 2 rings (SSSR count). The Hall–Kier alpha value is -1.50. The average Bonchev–Trinajstić information content (AvgIpc) is 2.80. The fraction of sp³-hybridized carbons (Fsp3) is 0.500. The third-order valence-corrected chi connectivity index (χ3v) is 4.11. The van der Waals surface area contributed by atoms with E-state index in [-0.39, 0.29) is 5.69 Å². The maximum Gasteiger partial charge on any atom is 0.348 e. The van der Waals surface area contributed by atoms with Gasteiger partial charge in [-0.15, -0.1) is 0 Å². The summed E-state index contributed by atoms with van der Waals surface area (Å²) in [5, 5.41) is 4.16. The summed E-state index contributed by atoms with van der Waals surface area (Å²) in [4.78, 5) is 20.2. The van der Waals surface area contributed by atoms with E-state index in [0.717, 1.165) is 29.0 Å². The lowest BCUT2D eigenvalue weighted by Crippen LogP contribution is -2.28. The summed E-state index contributed by atoms with van der Waals surface area (Å²) in [5.74, 6) is 0.768. The van der Waals surface area contributed by atoms with E-state index in [1.165, 1.54) is 6.33 Å². The van der Waals surface area contributed by atoms with Crippen LogP contribution in [-0.2, 0) is 13.1 Å². The van der Waals surface area contributed by atoms with Gasteiger partial charge in [-0.2, -0.15) is 10.1 Å². The maximum absolute atomic E-state index is 12.0. The molecule has 0 spiro atoms. The molecule has 2 aromatic rings. The van der Waals surface area contributed by atoms with E-state index in [9.17, 15) is 4.79 Å². The van der Waals surface area contributed by atoms with Gasteiger partial charge < -0.3 is 0 Å². The van der Waals surface area contributed by atoms with E-state index >= 15 is 0 Å². The molecule has 0 amide bonds. The molecule has 19 heavy (non-hydrogen) atoms. The number of aromatic nitrogens is 5. The van der Waals surface area contributed by atoms with E-state index in [1.54, 1.807) is 4.57 Å². The van der Waals surface area contributed by atoms with Crippen LogP contribution < -0.4 is 5.69 Å². The number of aryl methyl sites for hydroxylation is 2. The van der Waals surface area contributed by atoms with Gasteiger partial charge in [-0.1, -0.05) is 6.92 Å². The van der Waals surface area contributed by atoms with Crippen LogP contribution in [0, 0.1) is 13.8 Å². The van der Waals surface area contributed by atoms with E-state index in [0.29, 0.717) is 12.2 Å². The summed E-state index contributed by atoms with van der Waals surface area (Å²) in [6.45, 7) is 6.95. The van der Waals surface area contributed by atoms with Crippen LogP contribution in [0.15, 0.2) is 15.6 Å². The topological polar surface area (TPSA) is 65.6 Å². The fourth-order valence-corrected chi connectivity index (χ4v) is 2.22. The molecule has 0 saturated carbocycles. The predicted molar refractivity (Wildman–Crippen MR) is 75.1 cm³/mol. The lowest BCUT2D eigenvalue weighted by Gasteiger charge is -2.12. The Morgan fingerprint density at radius 2 is 2.11 bits per heavy atom. The van der Waals surface area contributed by atoms with Crippen molar-refractivity contribution < 1.29 is 0 Å². The minimum Gasteiger partial charge on any atom is -0.288 e. The Kier molecular flexibility index (Phi) is 4.14. The van der Waals surface area contributed by atoms with Crippen molar-refractivity contribution in [1.82, 2.24) is 24.3 Å². The molecule has 0 radical (unpaired) electrons. The minimum absolute atomic E-state index is 0.260.